The molecule has 1 aliphatic heterocycles. The number of carbonyl (C=O) groups excluding carboxylic acids is 2. The Hall–Kier alpha value is -1.92. The zero-order chi connectivity index (χ0) is 20.2. The Balaban J connectivity index is 1.74. The van der Waals surface area contributed by atoms with Crippen LogP contribution in [-0.2, 0) is 14.3 Å². The summed E-state index contributed by atoms with van der Waals surface area (Å²) in [7, 11) is 0. The normalized spacial score (nSPS) is 42.3. The fraction of sp³-hybridized carbons (Fsp3) is 0.636. The third-order valence-electron chi connectivity index (χ3n) is 7.63. The number of fused-ring (bicyclic) bond motifs is 3. The lowest BCUT2D eigenvalue weighted by atomic mass is 9.44. The highest BCUT2D eigenvalue weighted by Gasteiger charge is 2.71. The molecule has 2 aliphatic carbocycles. The zero-order valence-electron chi connectivity index (χ0n) is 16.4. The van der Waals surface area contributed by atoms with Gasteiger partial charge in [0.15, 0.2) is 0 Å². The molecule has 152 valence electrons. The molecule has 6 atom stereocenters. The molecule has 2 saturated carbocycles. The molecule has 3 aliphatic rings. The van der Waals surface area contributed by atoms with Crippen molar-refractivity contribution in [3.63, 3.8) is 0 Å². The average Bonchev–Trinajstić information content (AvgIpc) is 2.98. The summed E-state index contributed by atoms with van der Waals surface area (Å²) >= 11 is 0. The van der Waals surface area contributed by atoms with Gasteiger partial charge in [-0.1, -0.05) is 38.5 Å². The van der Waals surface area contributed by atoms with E-state index in [2.05, 4.69) is 0 Å². The van der Waals surface area contributed by atoms with E-state index in [1.54, 1.807) is 24.3 Å². The number of aliphatic hydroxyl groups is 2. The van der Waals surface area contributed by atoms with Gasteiger partial charge in [-0.25, -0.2) is 4.79 Å². The molecule has 0 unspecified atom stereocenters. The average molecular weight is 388 g/mol. The Labute approximate surface area is 164 Å². The summed E-state index contributed by atoms with van der Waals surface area (Å²) < 4.78 is 11.2. The highest BCUT2D eigenvalue weighted by Crippen LogP contribution is 2.64. The van der Waals surface area contributed by atoms with Crippen molar-refractivity contribution in [2.24, 2.45) is 22.7 Å². The first-order valence-corrected chi connectivity index (χ1v) is 10.0. The number of aliphatic hydroxyl groups excluding tert-OH is 1. The molecule has 6 nitrogen and oxygen atoms in total. The summed E-state index contributed by atoms with van der Waals surface area (Å²) in [5.74, 6) is -1.87. The maximum Gasteiger partial charge on any atom is 0.338 e. The molecule has 0 amide bonds. The van der Waals surface area contributed by atoms with E-state index in [-0.39, 0.29) is 25.6 Å². The second kappa shape index (κ2) is 6.56. The predicted octanol–water partition coefficient (Wildman–Crippen LogP) is 2.32. The van der Waals surface area contributed by atoms with Gasteiger partial charge in [0, 0.05) is 24.4 Å². The first-order chi connectivity index (χ1) is 13.2. The number of esters is 2. The molecule has 6 heteroatoms. The van der Waals surface area contributed by atoms with Gasteiger partial charge < -0.3 is 19.7 Å². The summed E-state index contributed by atoms with van der Waals surface area (Å²) in [6.07, 6.45) is 1.93. The van der Waals surface area contributed by atoms with E-state index in [9.17, 15) is 19.8 Å². The summed E-state index contributed by atoms with van der Waals surface area (Å²) in [6.45, 7) is 3.84. The van der Waals surface area contributed by atoms with Crippen molar-refractivity contribution in [1.29, 1.82) is 0 Å². The molecule has 4 rings (SSSR count). The van der Waals surface area contributed by atoms with Crippen molar-refractivity contribution in [3.8, 4) is 0 Å². The van der Waals surface area contributed by atoms with E-state index >= 15 is 0 Å². The van der Waals surface area contributed by atoms with Gasteiger partial charge in [0.05, 0.1) is 11.5 Å². The van der Waals surface area contributed by atoms with Gasteiger partial charge in [-0.3, -0.25) is 4.79 Å². The minimum atomic E-state index is -1.30. The highest BCUT2D eigenvalue weighted by molar-refractivity contribution is 5.89. The molecule has 0 spiro atoms. The fourth-order valence-corrected chi connectivity index (χ4v) is 6.16. The number of ether oxygens (including phenoxy) is 2. The van der Waals surface area contributed by atoms with Crippen molar-refractivity contribution in [1.82, 2.24) is 0 Å². The summed E-state index contributed by atoms with van der Waals surface area (Å²) in [4.78, 5) is 25.2. The number of hydrogen-bond acceptors (Lipinski definition) is 6. The lowest BCUT2D eigenvalue weighted by Crippen LogP contribution is -2.68. The van der Waals surface area contributed by atoms with Gasteiger partial charge in [-0.05, 0) is 30.4 Å². The van der Waals surface area contributed by atoms with E-state index in [1.165, 1.54) is 0 Å². The Morgan fingerprint density at radius 2 is 1.96 bits per heavy atom. The molecule has 1 aromatic carbocycles. The maximum atomic E-state index is 12.8. The van der Waals surface area contributed by atoms with Crippen LogP contribution in [0.4, 0.5) is 0 Å². The second-order valence-corrected chi connectivity index (χ2v) is 9.19. The predicted molar refractivity (Wildman–Crippen MR) is 100 cm³/mol. The molecule has 0 bridgehead atoms. The smallest absolute Gasteiger partial charge is 0.338 e. The molecule has 1 saturated heterocycles. The Bertz CT molecular complexity index is 778. The lowest BCUT2D eigenvalue weighted by molar-refractivity contribution is -0.238. The van der Waals surface area contributed by atoms with E-state index < -0.39 is 40.4 Å². The fourth-order valence-electron chi connectivity index (χ4n) is 6.16. The molecule has 1 aromatic rings. The summed E-state index contributed by atoms with van der Waals surface area (Å²) in [5.41, 5.74) is -2.07. The second-order valence-electron chi connectivity index (χ2n) is 9.19. The van der Waals surface area contributed by atoms with Crippen LogP contribution in [0.1, 0.15) is 49.9 Å². The molecule has 1 heterocycles. The van der Waals surface area contributed by atoms with E-state index in [1.807, 2.05) is 19.9 Å². The minimum Gasteiger partial charge on any atom is -0.462 e. The maximum absolute atomic E-state index is 12.8. The Kier molecular flexibility index (Phi) is 4.55. The van der Waals surface area contributed by atoms with Crippen molar-refractivity contribution in [2.75, 3.05) is 13.2 Å². The van der Waals surface area contributed by atoms with Crippen LogP contribution in [0.15, 0.2) is 30.3 Å². The van der Waals surface area contributed by atoms with Crippen molar-refractivity contribution < 1.29 is 29.3 Å². The van der Waals surface area contributed by atoms with Crippen molar-refractivity contribution in [3.05, 3.63) is 35.9 Å². The van der Waals surface area contributed by atoms with Crippen LogP contribution >= 0.6 is 0 Å². The number of carbonyl (C=O) groups is 2. The number of benzene rings is 1. The third kappa shape index (κ3) is 2.61. The van der Waals surface area contributed by atoms with Crippen molar-refractivity contribution >= 4 is 11.9 Å². The molecule has 2 N–H and O–H groups in total. The molecule has 0 radical (unpaired) electrons. The molecular weight excluding hydrogens is 360 g/mol. The Morgan fingerprint density at radius 3 is 2.64 bits per heavy atom. The SMILES string of the molecule is C[C@]1(CO)CCC[C@@]2(C)[C@@H]1[C@@H](OC(=O)c1ccccc1)C[C@H]1C(=O)OC[C@@]12O. The summed E-state index contributed by atoms with van der Waals surface area (Å²) in [6, 6.07) is 8.75. The number of hydrogen-bond donors (Lipinski definition) is 2. The molecule has 3 fully saturated rings. The van der Waals surface area contributed by atoms with Crippen LogP contribution in [0.25, 0.3) is 0 Å². The first-order valence-electron chi connectivity index (χ1n) is 10.0. The monoisotopic (exact) mass is 388 g/mol. The highest BCUT2D eigenvalue weighted by atomic mass is 16.6. The molecular formula is C22H28O6. The van der Waals surface area contributed by atoms with Gasteiger partial charge >= 0.3 is 11.9 Å². The van der Waals surface area contributed by atoms with E-state index in [0.29, 0.717) is 12.0 Å². The van der Waals surface area contributed by atoms with E-state index in [0.717, 1.165) is 12.8 Å². The number of cyclic esters (lactones) is 1. The van der Waals surface area contributed by atoms with Gasteiger partial charge in [-0.15, -0.1) is 0 Å². The lowest BCUT2D eigenvalue weighted by Gasteiger charge is -2.62. The van der Waals surface area contributed by atoms with Crippen LogP contribution in [0.2, 0.25) is 0 Å². The zero-order valence-corrected chi connectivity index (χ0v) is 16.4. The topological polar surface area (TPSA) is 93.1 Å². The minimum absolute atomic E-state index is 0.0373. The largest absolute Gasteiger partial charge is 0.462 e. The quantitative estimate of drug-likeness (QED) is 0.772. The first kappa shape index (κ1) is 19.4. The van der Waals surface area contributed by atoms with Crippen LogP contribution < -0.4 is 0 Å². The van der Waals surface area contributed by atoms with Crippen LogP contribution in [0.3, 0.4) is 0 Å². The van der Waals surface area contributed by atoms with E-state index in [4.69, 9.17) is 9.47 Å². The van der Waals surface area contributed by atoms with Crippen LogP contribution in [-0.4, -0.2) is 47.1 Å². The van der Waals surface area contributed by atoms with Crippen LogP contribution in [0.5, 0.6) is 0 Å². The Morgan fingerprint density at radius 1 is 1.25 bits per heavy atom. The number of rotatable bonds is 3. The van der Waals surface area contributed by atoms with Gasteiger partial charge in [-0.2, -0.15) is 0 Å². The van der Waals surface area contributed by atoms with Crippen molar-refractivity contribution in [2.45, 2.75) is 51.2 Å². The van der Waals surface area contributed by atoms with Gasteiger partial charge in [0.2, 0.25) is 0 Å². The summed E-state index contributed by atoms with van der Waals surface area (Å²) in [5, 5.41) is 21.8. The van der Waals surface area contributed by atoms with Gasteiger partial charge in [0.25, 0.3) is 0 Å². The molecule has 28 heavy (non-hydrogen) atoms. The van der Waals surface area contributed by atoms with Crippen LogP contribution in [0, 0.1) is 22.7 Å². The van der Waals surface area contributed by atoms with Gasteiger partial charge in [0.1, 0.15) is 18.3 Å². The molecule has 0 aromatic heterocycles. The standard InChI is InChI=1S/C22H28O6/c1-20(12-23)9-6-10-21(2)17(20)16(11-15-19(25)27-13-22(15,21)26)28-18(24)14-7-4-3-5-8-14/h3-5,7-8,15-17,23,26H,6,9-13H2,1-2H3/t15-,16-,17+,20+,21-,22+/m0/s1. The third-order valence-corrected chi connectivity index (χ3v) is 7.63.